The van der Waals surface area contributed by atoms with Crippen LogP contribution in [0.3, 0.4) is 0 Å². The highest BCUT2D eigenvalue weighted by Gasteiger charge is 2.23. The summed E-state index contributed by atoms with van der Waals surface area (Å²) in [7, 11) is -3.68. The summed E-state index contributed by atoms with van der Waals surface area (Å²) in [6.45, 7) is 1.64. The zero-order valence-corrected chi connectivity index (χ0v) is 13.4. The Bertz CT molecular complexity index is 887. The van der Waals surface area contributed by atoms with Crippen LogP contribution in [0.25, 0.3) is 10.9 Å². The van der Waals surface area contributed by atoms with Gasteiger partial charge in [-0.05, 0) is 18.9 Å². The van der Waals surface area contributed by atoms with Crippen molar-refractivity contribution in [3.63, 3.8) is 0 Å². The van der Waals surface area contributed by atoms with Gasteiger partial charge in [0.05, 0.1) is 11.0 Å². The van der Waals surface area contributed by atoms with Crippen molar-refractivity contribution in [2.24, 2.45) is 0 Å². The number of hydrogen-bond donors (Lipinski definition) is 0. The van der Waals surface area contributed by atoms with Crippen LogP contribution in [0.4, 0.5) is 0 Å². The van der Waals surface area contributed by atoms with Crippen LogP contribution in [0.15, 0.2) is 35.4 Å². The number of amides is 1. The van der Waals surface area contributed by atoms with Gasteiger partial charge in [0.2, 0.25) is 5.91 Å². The van der Waals surface area contributed by atoms with Crippen molar-refractivity contribution >= 4 is 26.6 Å². The molecule has 7 heteroatoms. The van der Waals surface area contributed by atoms with Gasteiger partial charge in [-0.1, -0.05) is 18.2 Å². The third-order valence-corrected chi connectivity index (χ3v) is 5.61. The van der Waals surface area contributed by atoms with Gasteiger partial charge in [0.25, 0.3) is 0 Å². The molecule has 1 aliphatic heterocycles. The number of carbonyl (C=O) groups is 1. The Morgan fingerprint density at radius 2 is 1.91 bits per heavy atom. The second kappa shape index (κ2) is 6.05. The highest BCUT2D eigenvalue weighted by Crippen LogP contribution is 2.26. The summed E-state index contributed by atoms with van der Waals surface area (Å²) in [5.41, 5.74) is 0.691. The highest BCUT2D eigenvalue weighted by atomic mass is 32.2. The van der Waals surface area contributed by atoms with E-state index in [4.69, 9.17) is 5.26 Å². The fourth-order valence-corrected chi connectivity index (χ4v) is 4.09. The van der Waals surface area contributed by atoms with Gasteiger partial charge in [0.1, 0.15) is 12.3 Å². The van der Waals surface area contributed by atoms with Crippen LogP contribution in [0.5, 0.6) is 0 Å². The van der Waals surface area contributed by atoms with Gasteiger partial charge in [-0.15, -0.1) is 0 Å². The monoisotopic (exact) mass is 331 g/mol. The SMILES string of the molecule is N#CCS(=O)(=O)c1cn(CC(=O)N2CCCC2)c2ccccc12. The third kappa shape index (κ3) is 2.94. The molecule has 0 unspecified atom stereocenters. The van der Waals surface area contributed by atoms with Crippen LogP contribution in [0.2, 0.25) is 0 Å². The van der Waals surface area contributed by atoms with Gasteiger partial charge in [0, 0.05) is 30.2 Å². The maximum absolute atomic E-state index is 12.3. The van der Waals surface area contributed by atoms with Crippen molar-refractivity contribution in [2.75, 3.05) is 18.8 Å². The van der Waals surface area contributed by atoms with E-state index in [1.807, 2.05) is 0 Å². The number of nitrogens with zero attached hydrogens (tertiary/aromatic N) is 3. The number of nitriles is 1. The number of likely N-dealkylation sites (tertiary alicyclic amines) is 1. The second-order valence-corrected chi connectivity index (χ2v) is 7.60. The number of benzene rings is 1. The molecule has 0 saturated carbocycles. The van der Waals surface area contributed by atoms with Gasteiger partial charge in [-0.3, -0.25) is 4.79 Å². The molecule has 120 valence electrons. The number of aromatic nitrogens is 1. The first-order valence-electron chi connectivity index (χ1n) is 7.48. The molecule has 0 bridgehead atoms. The van der Waals surface area contributed by atoms with E-state index < -0.39 is 15.6 Å². The predicted molar refractivity (Wildman–Crippen MR) is 85.4 cm³/mol. The largest absolute Gasteiger partial charge is 0.341 e. The lowest BCUT2D eigenvalue weighted by atomic mass is 10.2. The molecule has 0 N–H and O–H groups in total. The van der Waals surface area contributed by atoms with E-state index in [0.29, 0.717) is 10.9 Å². The molecule has 1 amide bonds. The van der Waals surface area contributed by atoms with Crippen LogP contribution in [-0.2, 0) is 21.2 Å². The third-order valence-electron chi connectivity index (χ3n) is 4.11. The Morgan fingerprint density at radius 1 is 1.22 bits per heavy atom. The van der Waals surface area contributed by atoms with Crippen LogP contribution in [0.1, 0.15) is 12.8 Å². The molecule has 1 aromatic heterocycles. The number of rotatable bonds is 4. The maximum atomic E-state index is 12.3. The first-order valence-corrected chi connectivity index (χ1v) is 9.13. The van der Waals surface area contributed by atoms with Crippen molar-refractivity contribution < 1.29 is 13.2 Å². The van der Waals surface area contributed by atoms with Gasteiger partial charge < -0.3 is 9.47 Å². The molecular weight excluding hydrogens is 314 g/mol. The topological polar surface area (TPSA) is 83.2 Å². The summed E-state index contributed by atoms with van der Waals surface area (Å²) in [6, 6.07) is 8.74. The molecule has 0 aliphatic carbocycles. The summed E-state index contributed by atoms with van der Waals surface area (Å²) < 4.78 is 26.2. The van der Waals surface area contributed by atoms with E-state index in [1.54, 1.807) is 39.8 Å². The number of sulfone groups is 1. The van der Waals surface area contributed by atoms with Crippen LogP contribution in [0, 0.1) is 11.3 Å². The minimum atomic E-state index is -3.68. The smallest absolute Gasteiger partial charge is 0.242 e. The minimum absolute atomic E-state index is 0.00696. The molecule has 6 nitrogen and oxygen atoms in total. The molecule has 3 rings (SSSR count). The Morgan fingerprint density at radius 3 is 2.61 bits per heavy atom. The van der Waals surface area contributed by atoms with E-state index in [0.717, 1.165) is 25.9 Å². The molecule has 0 atom stereocenters. The van der Waals surface area contributed by atoms with Gasteiger partial charge in [-0.25, -0.2) is 8.42 Å². The fourth-order valence-electron chi connectivity index (χ4n) is 2.97. The zero-order chi connectivity index (χ0) is 16.4. The number of para-hydroxylation sites is 1. The molecular formula is C16H17N3O3S. The predicted octanol–water partition coefficient (Wildman–Crippen LogP) is 1.56. The molecule has 1 fully saturated rings. The lowest BCUT2D eigenvalue weighted by Gasteiger charge is -2.15. The molecule has 2 heterocycles. The van der Waals surface area contributed by atoms with Gasteiger partial charge in [0.15, 0.2) is 9.84 Å². The number of carbonyl (C=O) groups excluding carboxylic acids is 1. The maximum Gasteiger partial charge on any atom is 0.242 e. The first-order chi connectivity index (χ1) is 11.0. The van der Waals surface area contributed by atoms with Crippen molar-refractivity contribution in [3.05, 3.63) is 30.5 Å². The van der Waals surface area contributed by atoms with Crippen LogP contribution < -0.4 is 0 Å². The molecule has 1 aromatic carbocycles. The van der Waals surface area contributed by atoms with E-state index in [9.17, 15) is 13.2 Å². The molecule has 23 heavy (non-hydrogen) atoms. The molecule has 2 aromatic rings. The first kappa shape index (κ1) is 15.6. The quantitative estimate of drug-likeness (QED) is 0.851. The zero-order valence-electron chi connectivity index (χ0n) is 12.6. The minimum Gasteiger partial charge on any atom is -0.341 e. The van der Waals surface area contributed by atoms with Crippen LogP contribution in [-0.4, -0.2) is 42.6 Å². The second-order valence-electron chi connectivity index (χ2n) is 5.64. The van der Waals surface area contributed by atoms with Gasteiger partial charge in [-0.2, -0.15) is 5.26 Å². The molecule has 0 radical (unpaired) electrons. The molecule has 0 spiro atoms. The summed E-state index contributed by atoms with van der Waals surface area (Å²) in [5.74, 6) is -0.575. The number of hydrogen-bond acceptors (Lipinski definition) is 4. The summed E-state index contributed by atoms with van der Waals surface area (Å²) in [4.78, 5) is 14.3. The molecule has 1 aliphatic rings. The van der Waals surface area contributed by atoms with E-state index in [2.05, 4.69) is 0 Å². The van der Waals surface area contributed by atoms with E-state index >= 15 is 0 Å². The Kier molecular flexibility index (Phi) is 4.09. The van der Waals surface area contributed by atoms with Crippen molar-refractivity contribution in [1.82, 2.24) is 9.47 Å². The average Bonchev–Trinajstić information content (AvgIpc) is 3.16. The standard InChI is InChI=1S/C16H17N3O3S/c17-7-10-23(21,22)15-11-19(14-6-2-1-5-13(14)15)12-16(20)18-8-3-4-9-18/h1-2,5-6,11H,3-4,8-10,12H2. The normalized spacial score (nSPS) is 15.0. The summed E-state index contributed by atoms with van der Waals surface area (Å²) in [6.07, 6.45) is 3.51. The average molecular weight is 331 g/mol. The van der Waals surface area contributed by atoms with Crippen LogP contribution >= 0.6 is 0 Å². The van der Waals surface area contributed by atoms with Crippen molar-refractivity contribution in [2.45, 2.75) is 24.3 Å². The fraction of sp³-hybridized carbons (Fsp3) is 0.375. The van der Waals surface area contributed by atoms with Gasteiger partial charge >= 0.3 is 0 Å². The number of fused-ring (bicyclic) bond motifs is 1. The van der Waals surface area contributed by atoms with Crippen molar-refractivity contribution in [3.8, 4) is 6.07 Å². The van der Waals surface area contributed by atoms with E-state index in [-0.39, 0.29) is 17.3 Å². The molecule has 1 saturated heterocycles. The highest BCUT2D eigenvalue weighted by molar-refractivity contribution is 7.91. The van der Waals surface area contributed by atoms with Crippen molar-refractivity contribution in [1.29, 1.82) is 5.26 Å². The Labute approximate surface area is 134 Å². The lowest BCUT2D eigenvalue weighted by Crippen LogP contribution is -2.30. The Balaban J connectivity index is 2.01. The summed E-state index contributed by atoms with van der Waals surface area (Å²) in [5, 5.41) is 9.29. The summed E-state index contributed by atoms with van der Waals surface area (Å²) >= 11 is 0. The van der Waals surface area contributed by atoms with E-state index in [1.165, 1.54) is 6.20 Å². The Hall–Kier alpha value is -2.33. The lowest BCUT2D eigenvalue weighted by molar-refractivity contribution is -0.130.